The summed E-state index contributed by atoms with van der Waals surface area (Å²) in [7, 11) is -3.82. The lowest BCUT2D eigenvalue weighted by molar-refractivity contribution is 0.102. The van der Waals surface area contributed by atoms with Crippen molar-refractivity contribution < 1.29 is 17.6 Å². The van der Waals surface area contributed by atoms with Crippen LogP contribution in [0.5, 0.6) is 0 Å². The van der Waals surface area contributed by atoms with Crippen LogP contribution in [0.25, 0.3) is 11.3 Å². The summed E-state index contributed by atoms with van der Waals surface area (Å²) in [4.78, 5) is 31.4. The van der Waals surface area contributed by atoms with Crippen LogP contribution in [0.3, 0.4) is 0 Å². The Balaban J connectivity index is 1.32. The van der Waals surface area contributed by atoms with E-state index < -0.39 is 21.6 Å². The predicted molar refractivity (Wildman–Crippen MR) is 134 cm³/mol. The Morgan fingerprint density at radius 2 is 1.89 bits per heavy atom. The third-order valence-corrected chi connectivity index (χ3v) is 7.08. The standard InChI is InChI=1S/C23H20ClFN8O3S/c1-37(35,36)19-4-3-16(24)21(25)20(19)17-10-26-11-18(31-17)22(34)30-15-9-29-33(13-15)12-14-7-27-23(28-8-14)32-5-2-6-32/h3-4,7-11,13H,2,5-6,12H2,1H3,(H,30,34). The highest BCUT2D eigenvalue weighted by atomic mass is 35.5. The topological polar surface area (TPSA) is 136 Å². The number of hydrogen-bond donors (Lipinski definition) is 1. The number of nitrogens with one attached hydrogen (secondary N) is 1. The Bertz CT molecular complexity index is 1590. The molecule has 0 aliphatic carbocycles. The van der Waals surface area contributed by atoms with Crippen molar-refractivity contribution in [3.8, 4) is 11.3 Å². The molecule has 0 radical (unpaired) electrons. The highest BCUT2D eigenvalue weighted by Crippen LogP contribution is 2.32. The van der Waals surface area contributed by atoms with Crippen molar-refractivity contribution in [2.75, 3.05) is 29.6 Å². The van der Waals surface area contributed by atoms with Crippen molar-refractivity contribution in [2.24, 2.45) is 0 Å². The van der Waals surface area contributed by atoms with E-state index in [1.165, 1.54) is 18.5 Å². The first-order chi connectivity index (χ1) is 17.7. The minimum absolute atomic E-state index is 0.148. The molecule has 0 spiro atoms. The van der Waals surface area contributed by atoms with Gasteiger partial charge in [-0.25, -0.2) is 27.8 Å². The van der Waals surface area contributed by atoms with Crippen molar-refractivity contribution in [1.82, 2.24) is 29.7 Å². The molecule has 0 atom stereocenters. The maximum atomic E-state index is 14.8. The lowest BCUT2D eigenvalue weighted by Gasteiger charge is -2.30. The summed E-state index contributed by atoms with van der Waals surface area (Å²) in [5.41, 5.74) is 0.576. The van der Waals surface area contributed by atoms with Crippen LogP contribution in [0.2, 0.25) is 5.02 Å². The average molecular weight is 543 g/mol. The van der Waals surface area contributed by atoms with Crippen LogP contribution in [0.15, 0.2) is 54.2 Å². The molecule has 1 fully saturated rings. The second-order valence-corrected chi connectivity index (χ2v) is 10.8. The predicted octanol–water partition coefficient (Wildman–Crippen LogP) is 2.84. The van der Waals surface area contributed by atoms with Gasteiger partial charge in [0.1, 0.15) is 5.69 Å². The van der Waals surface area contributed by atoms with Gasteiger partial charge in [-0.05, 0) is 18.6 Å². The molecule has 1 saturated heterocycles. The molecule has 1 N–H and O–H groups in total. The van der Waals surface area contributed by atoms with Gasteiger partial charge in [-0.15, -0.1) is 0 Å². The van der Waals surface area contributed by atoms with Crippen LogP contribution < -0.4 is 10.2 Å². The third-order valence-electron chi connectivity index (χ3n) is 5.65. The number of halogens is 2. The van der Waals surface area contributed by atoms with Gasteiger partial charge >= 0.3 is 0 Å². The average Bonchev–Trinajstić information content (AvgIpc) is 3.26. The number of amides is 1. The summed E-state index contributed by atoms with van der Waals surface area (Å²) >= 11 is 5.87. The smallest absolute Gasteiger partial charge is 0.275 e. The zero-order valence-corrected chi connectivity index (χ0v) is 21.0. The molecule has 3 aromatic heterocycles. The third kappa shape index (κ3) is 5.27. The van der Waals surface area contributed by atoms with Gasteiger partial charge in [0.25, 0.3) is 5.91 Å². The van der Waals surface area contributed by atoms with Crippen LogP contribution in [-0.2, 0) is 16.4 Å². The highest BCUT2D eigenvalue weighted by Gasteiger charge is 2.23. The Morgan fingerprint density at radius 1 is 1.14 bits per heavy atom. The van der Waals surface area contributed by atoms with Crippen molar-refractivity contribution in [3.63, 3.8) is 0 Å². The number of sulfone groups is 1. The van der Waals surface area contributed by atoms with Gasteiger partial charge < -0.3 is 10.2 Å². The molecule has 0 unspecified atom stereocenters. The fourth-order valence-corrected chi connectivity index (χ4v) is 4.72. The summed E-state index contributed by atoms with van der Waals surface area (Å²) in [6.07, 6.45) is 11.0. The molecule has 1 aliphatic rings. The number of rotatable bonds is 7. The number of aromatic nitrogens is 6. The molecule has 37 heavy (non-hydrogen) atoms. The number of benzene rings is 1. The highest BCUT2D eigenvalue weighted by molar-refractivity contribution is 7.90. The minimum atomic E-state index is -3.82. The lowest BCUT2D eigenvalue weighted by Crippen LogP contribution is -2.38. The summed E-state index contributed by atoms with van der Waals surface area (Å²) in [5, 5.41) is 6.60. The van der Waals surface area contributed by atoms with Crippen LogP contribution in [-0.4, -0.2) is 63.4 Å². The van der Waals surface area contributed by atoms with Gasteiger partial charge in [0.05, 0.1) is 52.0 Å². The van der Waals surface area contributed by atoms with E-state index in [1.54, 1.807) is 23.3 Å². The summed E-state index contributed by atoms with van der Waals surface area (Å²) in [6, 6.07) is 2.33. The first kappa shape index (κ1) is 24.7. The van der Waals surface area contributed by atoms with Crippen LogP contribution in [0.1, 0.15) is 22.5 Å². The maximum Gasteiger partial charge on any atom is 0.275 e. The second kappa shape index (κ2) is 9.82. The van der Waals surface area contributed by atoms with Crippen molar-refractivity contribution in [1.29, 1.82) is 0 Å². The molecule has 4 heterocycles. The summed E-state index contributed by atoms with van der Waals surface area (Å²) in [5.74, 6) is -0.910. The molecule has 0 saturated carbocycles. The van der Waals surface area contributed by atoms with E-state index in [0.717, 1.165) is 43.6 Å². The van der Waals surface area contributed by atoms with E-state index >= 15 is 0 Å². The Morgan fingerprint density at radius 3 is 2.57 bits per heavy atom. The molecule has 4 aromatic rings. The van der Waals surface area contributed by atoms with Crippen LogP contribution in [0.4, 0.5) is 16.0 Å². The van der Waals surface area contributed by atoms with Gasteiger partial charge in [-0.2, -0.15) is 5.10 Å². The zero-order chi connectivity index (χ0) is 26.2. The van der Waals surface area contributed by atoms with Crippen molar-refractivity contribution in [3.05, 3.63) is 71.4 Å². The Labute approximate surface area is 216 Å². The summed E-state index contributed by atoms with van der Waals surface area (Å²) < 4.78 is 40.8. The second-order valence-electron chi connectivity index (χ2n) is 8.41. The molecular formula is C23H20ClFN8O3S. The van der Waals surface area contributed by atoms with Gasteiger partial charge in [-0.3, -0.25) is 14.5 Å². The number of carbonyl (C=O) groups is 1. The van der Waals surface area contributed by atoms with E-state index in [-0.39, 0.29) is 26.9 Å². The Hall–Kier alpha value is -3.97. The van der Waals surface area contributed by atoms with E-state index in [9.17, 15) is 17.6 Å². The molecule has 1 aliphatic heterocycles. The van der Waals surface area contributed by atoms with E-state index in [0.29, 0.717) is 18.2 Å². The quantitative estimate of drug-likeness (QED) is 0.374. The molecule has 1 aromatic carbocycles. The fourth-order valence-electron chi connectivity index (χ4n) is 3.68. The fraction of sp³-hybridized carbons (Fsp3) is 0.217. The van der Waals surface area contributed by atoms with E-state index in [1.807, 2.05) is 0 Å². The molecule has 0 bridgehead atoms. The zero-order valence-electron chi connectivity index (χ0n) is 19.5. The van der Waals surface area contributed by atoms with E-state index in [2.05, 4.69) is 35.3 Å². The largest absolute Gasteiger partial charge is 0.341 e. The van der Waals surface area contributed by atoms with Crippen LogP contribution in [0, 0.1) is 5.82 Å². The van der Waals surface area contributed by atoms with Crippen LogP contribution >= 0.6 is 11.6 Å². The molecule has 14 heteroatoms. The van der Waals surface area contributed by atoms with Gasteiger partial charge in [0, 0.05) is 43.5 Å². The molecular weight excluding hydrogens is 523 g/mol. The van der Waals surface area contributed by atoms with E-state index in [4.69, 9.17) is 11.6 Å². The molecule has 190 valence electrons. The van der Waals surface area contributed by atoms with Gasteiger partial charge in [-0.1, -0.05) is 11.6 Å². The molecule has 1 amide bonds. The molecule has 5 rings (SSSR count). The number of hydrogen-bond acceptors (Lipinski definition) is 9. The normalized spacial score (nSPS) is 13.3. The maximum absolute atomic E-state index is 14.8. The first-order valence-electron chi connectivity index (χ1n) is 11.1. The van der Waals surface area contributed by atoms with Gasteiger partial charge in [0.15, 0.2) is 15.7 Å². The number of carbonyl (C=O) groups excluding carboxylic acids is 1. The van der Waals surface area contributed by atoms with Gasteiger partial charge in [0.2, 0.25) is 5.95 Å². The minimum Gasteiger partial charge on any atom is -0.341 e. The van der Waals surface area contributed by atoms with Crippen molar-refractivity contribution >= 4 is 39.0 Å². The number of anilines is 2. The number of nitrogens with zero attached hydrogens (tertiary/aromatic N) is 7. The Kier molecular flexibility index (Phi) is 6.56. The first-order valence-corrected chi connectivity index (χ1v) is 13.4. The monoisotopic (exact) mass is 542 g/mol. The van der Waals surface area contributed by atoms with Crippen molar-refractivity contribution in [2.45, 2.75) is 17.9 Å². The lowest BCUT2D eigenvalue weighted by atomic mass is 10.1. The SMILES string of the molecule is CS(=O)(=O)c1ccc(Cl)c(F)c1-c1cncc(C(=O)Nc2cnn(Cc3cnc(N4CCC4)nc3)c2)n1. The molecule has 11 nitrogen and oxygen atoms in total. The summed E-state index contributed by atoms with van der Waals surface area (Å²) in [6.45, 7) is 2.32.